The smallest absolute Gasteiger partial charge is 0.134 e. The third-order valence-corrected chi connectivity index (χ3v) is 5.88. The van der Waals surface area contributed by atoms with Crippen LogP contribution in [0.3, 0.4) is 0 Å². The Kier molecular flexibility index (Phi) is 6.93. The van der Waals surface area contributed by atoms with Gasteiger partial charge in [-0.25, -0.2) is 14.4 Å². The Hall–Kier alpha value is -2.78. The van der Waals surface area contributed by atoms with Gasteiger partial charge in [0.15, 0.2) is 0 Å². The molecule has 0 atom stereocenters. The molecule has 0 fully saturated rings. The van der Waals surface area contributed by atoms with Crippen LogP contribution >= 0.6 is 11.6 Å². The molecule has 0 aliphatic rings. The van der Waals surface area contributed by atoms with E-state index in [1.807, 2.05) is 60.9 Å². The molecule has 0 aliphatic carbocycles. The van der Waals surface area contributed by atoms with Crippen LogP contribution in [0.15, 0.2) is 67.0 Å². The first-order chi connectivity index (χ1) is 15.1. The fourth-order valence-corrected chi connectivity index (χ4v) is 3.98. The summed E-state index contributed by atoms with van der Waals surface area (Å²) in [6.45, 7) is 2.15. The standard InChI is InChI=1S/C27H26ClFN2/c1-2-3-21-17-30-26(31-18-21)15-8-20-7-14-25-23(16-20)11-10-22(27(25)29)9-4-19-5-12-24(28)13-6-19/h5-7,10-14,16-18H,2-4,8-9,15H2,1H3. The number of halogens is 2. The van der Waals surface area contributed by atoms with E-state index >= 15 is 4.39 Å². The summed E-state index contributed by atoms with van der Waals surface area (Å²) in [7, 11) is 0. The minimum atomic E-state index is -0.118. The van der Waals surface area contributed by atoms with Crippen molar-refractivity contribution in [2.24, 2.45) is 0 Å². The maximum Gasteiger partial charge on any atom is 0.134 e. The molecule has 31 heavy (non-hydrogen) atoms. The molecule has 158 valence electrons. The van der Waals surface area contributed by atoms with Crippen molar-refractivity contribution in [1.29, 1.82) is 0 Å². The summed E-state index contributed by atoms with van der Waals surface area (Å²) >= 11 is 5.94. The summed E-state index contributed by atoms with van der Waals surface area (Å²) in [5.74, 6) is 0.733. The van der Waals surface area contributed by atoms with Crippen LogP contribution < -0.4 is 0 Å². The van der Waals surface area contributed by atoms with Crippen LogP contribution in [0.5, 0.6) is 0 Å². The van der Waals surface area contributed by atoms with Crippen LogP contribution in [0.25, 0.3) is 10.8 Å². The summed E-state index contributed by atoms with van der Waals surface area (Å²) < 4.78 is 15.1. The van der Waals surface area contributed by atoms with Gasteiger partial charge < -0.3 is 0 Å². The number of aryl methyl sites for hydroxylation is 5. The van der Waals surface area contributed by atoms with Crippen molar-refractivity contribution in [1.82, 2.24) is 9.97 Å². The third-order valence-electron chi connectivity index (χ3n) is 5.63. The Morgan fingerprint density at radius 2 is 1.45 bits per heavy atom. The average molecular weight is 433 g/mol. The molecule has 0 bridgehead atoms. The van der Waals surface area contributed by atoms with Crippen molar-refractivity contribution in [3.63, 3.8) is 0 Å². The lowest BCUT2D eigenvalue weighted by Crippen LogP contribution is -2.00. The van der Waals surface area contributed by atoms with Gasteiger partial charge in [0, 0.05) is 29.2 Å². The van der Waals surface area contributed by atoms with E-state index in [0.29, 0.717) is 11.8 Å². The topological polar surface area (TPSA) is 25.8 Å². The molecule has 0 unspecified atom stereocenters. The monoisotopic (exact) mass is 432 g/mol. The number of rotatable bonds is 8. The summed E-state index contributed by atoms with van der Waals surface area (Å²) in [6, 6.07) is 17.7. The molecule has 1 aromatic heterocycles. The summed E-state index contributed by atoms with van der Waals surface area (Å²) in [5, 5.41) is 2.33. The number of hydrogen-bond acceptors (Lipinski definition) is 2. The molecule has 0 saturated heterocycles. The molecule has 1 heterocycles. The van der Waals surface area contributed by atoms with Crippen LogP contribution in [0.4, 0.5) is 4.39 Å². The Bertz CT molecular complexity index is 1150. The fourth-order valence-electron chi connectivity index (χ4n) is 3.85. The number of fused-ring (bicyclic) bond motifs is 1. The Balaban J connectivity index is 1.43. The second-order valence-electron chi connectivity index (χ2n) is 7.98. The molecule has 0 N–H and O–H groups in total. The van der Waals surface area contributed by atoms with Crippen LogP contribution in [0.2, 0.25) is 5.02 Å². The first kappa shape index (κ1) is 21.5. The highest BCUT2D eigenvalue weighted by Crippen LogP contribution is 2.24. The van der Waals surface area contributed by atoms with E-state index < -0.39 is 0 Å². The number of nitrogens with zero attached hydrogens (tertiary/aromatic N) is 2. The molecular formula is C27H26ClFN2. The molecule has 0 amide bonds. The molecule has 4 heteroatoms. The van der Waals surface area contributed by atoms with Crippen LogP contribution in [0, 0.1) is 5.82 Å². The van der Waals surface area contributed by atoms with Gasteiger partial charge in [0.25, 0.3) is 0 Å². The van der Waals surface area contributed by atoms with E-state index in [2.05, 4.69) is 23.0 Å². The SMILES string of the molecule is CCCc1cnc(CCc2ccc3c(F)c(CCc4ccc(Cl)cc4)ccc3c2)nc1. The zero-order valence-corrected chi connectivity index (χ0v) is 18.5. The molecule has 4 rings (SSSR count). The normalized spacial score (nSPS) is 11.2. The fraction of sp³-hybridized carbons (Fsp3) is 0.259. The number of aromatic nitrogens is 2. The van der Waals surface area contributed by atoms with E-state index in [1.54, 1.807) is 0 Å². The number of benzene rings is 3. The second kappa shape index (κ2) is 10.0. The van der Waals surface area contributed by atoms with Gasteiger partial charge in [0.05, 0.1) is 0 Å². The van der Waals surface area contributed by atoms with Crippen LogP contribution in [0.1, 0.15) is 41.4 Å². The van der Waals surface area contributed by atoms with Crippen LogP contribution in [-0.4, -0.2) is 9.97 Å². The lowest BCUT2D eigenvalue weighted by atomic mass is 9.98. The van der Waals surface area contributed by atoms with E-state index in [-0.39, 0.29) is 5.82 Å². The van der Waals surface area contributed by atoms with Crippen molar-refractivity contribution >= 4 is 22.4 Å². The van der Waals surface area contributed by atoms with Crippen molar-refractivity contribution in [3.8, 4) is 0 Å². The van der Waals surface area contributed by atoms with Gasteiger partial charge in [-0.05, 0) is 65.5 Å². The summed E-state index contributed by atoms with van der Waals surface area (Å²) in [5.41, 5.74) is 4.25. The van der Waals surface area contributed by atoms with Crippen molar-refractivity contribution < 1.29 is 4.39 Å². The van der Waals surface area contributed by atoms with E-state index in [4.69, 9.17) is 11.6 Å². The minimum absolute atomic E-state index is 0.118. The van der Waals surface area contributed by atoms with Gasteiger partial charge in [0.2, 0.25) is 0 Å². The van der Waals surface area contributed by atoms with E-state index in [1.165, 1.54) is 11.1 Å². The first-order valence-corrected chi connectivity index (χ1v) is 11.2. The number of hydrogen-bond donors (Lipinski definition) is 0. The van der Waals surface area contributed by atoms with Gasteiger partial charge in [-0.1, -0.05) is 67.4 Å². The zero-order valence-electron chi connectivity index (χ0n) is 17.7. The second-order valence-corrected chi connectivity index (χ2v) is 8.41. The highest BCUT2D eigenvalue weighted by atomic mass is 35.5. The molecule has 2 nitrogen and oxygen atoms in total. The lowest BCUT2D eigenvalue weighted by Gasteiger charge is -2.09. The molecular weight excluding hydrogens is 407 g/mol. The quantitative estimate of drug-likeness (QED) is 0.301. The highest BCUT2D eigenvalue weighted by molar-refractivity contribution is 6.30. The van der Waals surface area contributed by atoms with E-state index in [9.17, 15) is 0 Å². The predicted octanol–water partition coefficient (Wildman–Crippen LogP) is 6.95. The predicted molar refractivity (Wildman–Crippen MR) is 126 cm³/mol. The summed E-state index contributed by atoms with van der Waals surface area (Å²) in [6.07, 6.45) is 9.02. The van der Waals surface area contributed by atoms with Gasteiger partial charge in [-0.2, -0.15) is 0 Å². The molecule has 0 spiro atoms. The summed E-state index contributed by atoms with van der Waals surface area (Å²) in [4.78, 5) is 8.94. The third kappa shape index (κ3) is 5.48. The minimum Gasteiger partial charge on any atom is -0.241 e. The molecule has 3 aromatic carbocycles. The van der Waals surface area contributed by atoms with Gasteiger partial charge in [-0.3, -0.25) is 0 Å². The van der Waals surface area contributed by atoms with Crippen LogP contribution in [-0.2, 0) is 32.1 Å². The van der Waals surface area contributed by atoms with Crippen molar-refractivity contribution in [3.05, 3.63) is 106 Å². The Morgan fingerprint density at radius 3 is 2.19 bits per heavy atom. The maximum absolute atomic E-state index is 15.1. The molecule has 0 saturated carbocycles. The van der Waals surface area contributed by atoms with Crippen molar-refractivity contribution in [2.45, 2.75) is 45.4 Å². The molecule has 0 aliphatic heterocycles. The zero-order chi connectivity index (χ0) is 21.6. The first-order valence-electron chi connectivity index (χ1n) is 10.9. The highest BCUT2D eigenvalue weighted by Gasteiger charge is 2.09. The van der Waals surface area contributed by atoms with Gasteiger partial charge >= 0.3 is 0 Å². The van der Waals surface area contributed by atoms with Gasteiger partial charge in [-0.15, -0.1) is 0 Å². The van der Waals surface area contributed by atoms with E-state index in [0.717, 1.165) is 59.5 Å². The maximum atomic E-state index is 15.1. The lowest BCUT2D eigenvalue weighted by molar-refractivity contribution is 0.620. The average Bonchev–Trinajstić information content (AvgIpc) is 2.79. The Labute approximate surface area is 188 Å². The largest absolute Gasteiger partial charge is 0.241 e. The Morgan fingerprint density at radius 1 is 0.742 bits per heavy atom. The molecule has 0 radical (unpaired) electrons. The molecule has 4 aromatic rings. The van der Waals surface area contributed by atoms with Gasteiger partial charge in [0.1, 0.15) is 11.6 Å². The van der Waals surface area contributed by atoms with Crippen molar-refractivity contribution in [2.75, 3.05) is 0 Å².